The standard InChI is InChI=1S/C15H22BN6/c1-11-12(2)19-22(13(11)3)16(4,14-17-7-9-20(14)5)15-18-8-10-21(15)6/h7-10H,1-6H3/q-1. The Kier molecular flexibility index (Phi) is 3.23. The van der Waals surface area contributed by atoms with Crippen LogP contribution in [0.25, 0.3) is 0 Å². The Balaban J connectivity index is 2.36. The molecule has 0 bridgehead atoms. The first-order valence-electron chi connectivity index (χ1n) is 7.55. The van der Waals surface area contributed by atoms with E-state index in [2.05, 4.69) is 44.4 Å². The van der Waals surface area contributed by atoms with E-state index in [1.54, 1.807) is 0 Å². The van der Waals surface area contributed by atoms with Gasteiger partial charge in [-0.05, 0) is 43.5 Å². The van der Waals surface area contributed by atoms with Crippen molar-refractivity contribution in [1.29, 1.82) is 0 Å². The molecule has 0 aromatic carbocycles. The van der Waals surface area contributed by atoms with Crippen molar-refractivity contribution in [2.45, 2.75) is 27.6 Å². The topological polar surface area (TPSA) is 53.5 Å². The van der Waals surface area contributed by atoms with Crippen molar-refractivity contribution >= 4 is 17.7 Å². The second-order valence-electron chi connectivity index (χ2n) is 6.27. The molecule has 116 valence electrons. The van der Waals surface area contributed by atoms with E-state index in [4.69, 9.17) is 5.10 Å². The third-order valence-electron chi connectivity index (χ3n) is 4.90. The van der Waals surface area contributed by atoms with E-state index < -0.39 is 6.28 Å². The van der Waals surface area contributed by atoms with Crippen LogP contribution in [0, 0.1) is 20.8 Å². The number of nitrogens with zero attached hydrogens (tertiary/aromatic N) is 6. The van der Waals surface area contributed by atoms with E-state index in [0.717, 1.165) is 22.8 Å². The Morgan fingerprint density at radius 3 is 1.73 bits per heavy atom. The molecule has 0 N–H and O–H groups in total. The second-order valence-corrected chi connectivity index (χ2v) is 6.27. The van der Waals surface area contributed by atoms with Crippen molar-refractivity contribution in [3.8, 4) is 0 Å². The van der Waals surface area contributed by atoms with Gasteiger partial charge in [0.1, 0.15) is 0 Å². The summed E-state index contributed by atoms with van der Waals surface area (Å²) in [7, 11) is 4.04. The molecule has 7 heteroatoms. The first-order valence-corrected chi connectivity index (χ1v) is 7.55. The molecule has 0 unspecified atom stereocenters. The molecule has 0 saturated carbocycles. The summed E-state index contributed by atoms with van der Waals surface area (Å²) in [6, 6.07) is 0. The van der Waals surface area contributed by atoms with Crippen LogP contribution < -0.4 is 11.4 Å². The molecule has 0 amide bonds. The smallest absolute Gasteiger partial charge is 0.238 e. The average molecular weight is 297 g/mol. The SMILES string of the molecule is Cc1nn([B-](C)(c2nccn2C)c2nccn2C)c(C)c1C. The van der Waals surface area contributed by atoms with E-state index in [1.165, 1.54) is 5.56 Å². The van der Waals surface area contributed by atoms with Gasteiger partial charge in [-0.3, -0.25) is 9.97 Å². The molecule has 0 fully saturated rings. The first kappa shape index (κ1) is 14.6. The summed E-state index contributed by atoms with van der Waals surface area (Å²) in [4.78, 5) is 9.24. The number of hydrogen-bond donors (Lipinski definition) is 0. The first-order chi connectivity index (χ1) is 10.4. The highest BCUT2D eigenvalue weighted by molar-refractivity contribution is 6.98. The minimum Gasteiger partial charge on any atom is -0.427 e. The summed E-state index contributed by atoms with van der Waals surface area (Å²) in [5, 5.41) is 4.81. The molecule has 0 saturated heterocycles. The summed E-state index contributed by atoms with van der Waals surface area (Å²) in [5.74, 6) is 0. The Bertz CT molecular complexity index is 785. The second kappa shape index (κ2) is 4.86. The minimum absolute atomic E-state index is 0.972. The van der Waals surface area contributed by atoms with Gasteiger partial charge in [0.25, 0.3) is 0 Å². The summed E-state index contributed by atoms with van der Waals surface area (Å²) < 4.78 is 6.22. The van der Waals surface area contributed by atoms with Gasteiger partial charge in [0.05, 0.1) is 5.69 Å². The minimum atomic E-state index is -1.40. The molecular weight excluding hydrogens is 275 g/mol. The maximum Gasteiger partial charge on any atom is 0.238 e. The highest BCUT2D eigenvalue weighted by atomic mass is 15.3. The van der Waals surface area contributed by atoms with E-state index >= 15 is 0 Å². The number of hydrogen-bond acceptors (Lipinski definition) is 3. The van der Waals surface area contributed by atoms with Gasteiger partial charge in [-0.2, -0.15) is 6.82 Å². The molecule has 3 aromatic heterocycles. The normalized spacial score (nSPS) is 12.1. The van der Waals surface area contributed by atoms with Crippen molar-refractivity contribution in [1.82, 2.24) is 28.8 Å². The summed E-state index contributed by atoms with van der Waals surface area (Å²) in [6.07, 6.45) is 6.20. The van der Waals surface area contributed by atoms with Crippen LogP contribution in [0.15, 0.2) is 24.8 Å². The Morgan fingerprint density at radius 1 is 0.909 bits per heavy atom. The number of aryl methyl sites for hydroxylation is 3. The monoisotopic (exact) mass is 297 g/mol. The van der Waals surface area contributed by atoms with Crippen molar-refractivity contribution in [2.24, 2.45) is 14.1 Å². The number of rotatable bonds is 3. The van der Waals surface area contributed by atoms with Gasteiger partial charge in [0, 0.05) is 38.9 Å². The van der Waals surface area contributed by atoms with Gasteiger partial charge in [-0.15, -0.1) is 0 Å². The highest BCUT2D eigenvalue weighted by Crippen LogP contribution is 2.16. The van der Waals surface area contributed by atoms with Gasteiger partial charge in [0.2, 0.25) is 6.28 Å². The van der Waals surface area contributed by atoms with Gasteiger partial charge in [-0.25, -0.2) is 5.10 Å². The van der Waals surface area contributed by atoms with Crippen LogP contribution >= 0.6 is 0 Å². The molecule has 22 heavy (non-hydrogen) atoms. The van der Waals surface area contributed by atoms with Crippen molar-refractivity contribution in [3.05, 3.63) is 41.7 Å². The third kappa shape index (κ3) is 1.85. The molecule has 3 aromatic rings. The van der Waals surface area contributed by atoms with Crippen LogP contribution in [0.4, 0.5) is 0 Å². The van der Waals surface area contributed by atoms with Crippen molar-refractivity contribution in [2.75, 3.05) is 0 Å². The fraction of sp³-hybridized carbons (Fsp3) is 0.400. The fourth-order valence-corrected chi connectivity index (χ4v) is 3.42. The average Bonchev–Trinajstić information content (AvgIpc) is 3.16. The van der Waals surface area contributed by atoms with Gasteiger partial charge in [0.15, 0.2) is 0 Å². The summed E-state index contributed by atoms with van der Waals surface area (Å²) in [6.45, 7) is 8.46. The zero-order valence-corrected chi connectivity index (χ0v) is 14.1. The molecule has 3 rings (SSSR count). The summed E-state index contributed by atoms with van der Waals surface area (Å²) >= 11 is 0. The predicted octanol–water partition coefficient (Wildman–Crippen LogP) is 0.513. The largest absolute Gasteiger partial charge is 0.427 e. The number of aromatic nitrogens is 6. The lowest BCUT2D eigenvalue weighted by atomic mass is 9.35. The lowest BCUT2D eigenvalue weighted by Gasteiger charge is -2.37. The van der Waals surface area contributed by atoms with Gasteiger partial charge >= 0.3 is 0 Å². The zero-order valence-electron chi connectivity index (χ0n) is 14.1. The summed E-state index contributed by atoms with van der Waals surface area (Å²) in [5.41, 5.74) is 5.37. The lowest BCUT2D eigenvalue weighted by Crippen LogP contribution is -2.68. The van der Waals surface area contributed by atoms with E-state index in [0.29, 0.717) is 0 Å². The molecule has 3 heterocycles. The maximum absolute atomic E-state index is 4.81. The van der Waals surface area contributed by atoms with E-state index in [9.17, 15) is 0 Å². The third-order valence-corrected chi connectivity index (χ3v) is 4.90. The van der Waals surface area contributed by atoms with Crippen LogP contribution in [-0.4, -0.2) is 35.1 Å². The Hall–Kier alpha value is -2.31. The molecule has 6 nitrogen and oxygen atoms in total. The fourth-order valence-electron chi connectivity index (χ4n) is 3.42. The lowest BCUT2D eigenvalue weighted by molar-refractivity contribution is 0.851. The van der Waals surface area contributed by atoms with Crippen molar-refractivity contribution < 1.29 is 0 Å². The molecule has 0 spiro atoms. The molecular formula is C15H22BN6-. The maximum atomic E-state index is 4.81. The molecule has 0 atom stereocenters. The Morgan fingerprint density at radius 2 is 1.41 bits per heavy atom. The highest BCUT2D eigenvalue weighted by Gasteiger charge is 2.35. The van der Waals surface area contributed by atoms with E-state index in [-0.39, 0.29) is 0 Å². The molecule has 0 aliphatic heterocycles. The van der Waals surface area contributed by atoms with Gasteiger partial charge in [-0.1, -0.05) is 0 Å². The van der Waals surface area contributed by atoms with Crippen LogP contribution in [0.1, 0.15) is 17.0 Å². The van der Waals surface area contributed by atoms with Crippen LogP contribution in [0.2, 0.25) is 6.82 Å². The number of imidazole rings is 2. The van der Waals surface area contributed by atoms with Crippen molar-refractivity contribution in [3.63, 3.8) is 0 Å². The zero-order chi connectivity index (χ0) is 16.1. The Labute approximate surface area is 130 Å². The van der Waals surface area contributed by atoms with Crippen LogP contribution in [0.5, 0.6) is 0 Å². The molecule has 0 aliphatic carbocycles. The molecule has 0 radical (unpaired) electrons. The van der Waals surface area contributed by atoms with Gasteiger partial charge < -0.3 is 13.7 Å². The predicted molar refractivity (Wildman–Crippen MR) is 89.1 cm³/mol. The van der Waals surface area contributed by atoms with E-state index in [1.807, 2.05) is 45.8 Å². The van der Waals surface area contributed by atoms with Crippen LogP contribution in [-0.2, 0) is 14.1 Å². The molecule has 0 aliphatic rings. The quantitative estimate of drug-likeness (QED) is 0.662. The van der Waals surface area contributed by atoms with Crippen LogP contribution in [0.3, 0.4) is 0 Å².